The molecule has 2 amide bonds. The summed E-state index contributed by atoms with van der Waals surface area (Å²) in [7, 11) is -4.35. The Morgan fingerprint density at radius 1 is 0.854 bits per heavy atom. The Balaban J connectivity index is 1.84. The zero-order valence-electron chi connectivity index (χ0n) is 26.7. The third-order valence-corrected chi connectivity index (χ3v) is 10.2. The molecule has 0 aliphatic heterocycles. The molecule has 48 heavy (non-hydrogen) atoms. The maximum Gasteiger partial charge on any atom is 0.264 e. The van der Waals surface area contributed by atoms with Crippen LogP contribution in [0, 0.1) is 0 Å². The number of para-hydroxylation sites is 2. The van der Waals surface area contributed by atoms with Gasteiger partial charge in [0.05, 0.1) is 17.2 Å². The molecule has 1 N–H and O–H groups in total. The number of rotatable bonds is 16. The van der Waals surface area contributed by atoms with E-state index in [0.717, 1.165) is 22.7 Å². The molecule has 12 heteroatoms. The summed E-state index contributed by atoms with van der Waals surface area (Å²) in [6, 6.07) is 25.5. The Morgan fingerprint density at radius 3 is 2.19 bits per heavy atom. The van der Waals surface area contributed by atoms with Crippen LogP contribution in [-0.4, -0.2) is 50.9 Å². The minimum atomic E-state index is -4.35. The van der Waals surface area contributed by atoms with Crippen molar-refractivity contribution in [3.63, 3.8) is 0 Å². The lowest BCUT2D eigenvalue weighted by molar-refractivity contribution is -0.140. The number of anilines is 1. The summed E-state index contributed by atoms with van der Waals surface area (Å²) >= 11 is 18.9. The lowest BCUT2D eigenvalue weighted by Gasteiger charge is -2.34. The number of benzene rings is 4. The molecule has 0 aliphatic carbocycles. The van der Waals surface area contributed by atoms with Gasteiger partial charge in [0, 0.05) is 34.6 Å². The number of carbonyl (C=O) groups excluding carboxylic acids is 2. The molecular formula is C36H38Cl3N3O5S. The van der Waals surface area contributed by atoms with E-state index in [2.05, 4.69) is 5.32 Å². The first-order valence-electron chi connectivity index (χ1n) is 15.6. The molecule has 0 heterocycles. The lowest BCUT2D eigenvalue weighted by Crippen LogP contribution is -2.53. The number of ether oxygens (including phenoxy) is 1. The molecule has 0 radical (unpaired) electrons. The summed E-state index contributed by atoms with van der Waals surface area (Å²) in [5, 5.41) is 4.04. The summed E-state index contributed by atoms with van der Waals surface area (Å²) in [4.78, 5) is 29.9. The van der Waals surface area contributed by atoms with E-state index in [1.807, 2.05) is 37.3 Å². The SMILES string of the molecule is CCCCNC(=O)[C@@H](Cc1ccccc1)N(Cc1ccc(Cl)cc1Cl)C(=O)CN(c1ccccc1OCC)S(=O)(=O)c1ccc(Cl)cc1. The van der Waals surface area contributed by atoms with Crippen LogP contribution in [0.5, 0.6) is 5.75 Å². The molecule has 0 saturated carbocycles. The van der Waals surface area contributed by atoms with Crippen molar-refractivity contribution in [1.29, 1.82) is 0 Å². The molecule has 0 aromatic heterocycles. The zero-order chi connectivity index (χ0) is 34.7. The molecule has 254 valence electrons. The van der Waals surface area contributed by atoms with Gasteiger partial charge in [-0.3, -0.25) is 13.9 Å². The molecule has 4 aromatic rings. The quantitative estimate of drug-likeness (QED) is 0.119. The number of amides is 2. The van der Waals surface area contributed by atoms with Gasteiger partial charge in [0.1, 0.15) is 18.3 Å². The van der Waals surface area contributed by atoms with Crippen LogP contribution < -0.4 is 14.4 Å². The Kier molecular flexibility index (Phi) is 13.6. The highest BCUT2D eigenvalue weighted by Gasteiger charge is 2.35. The van der Waals surface area contributed by atoms with Crippen LogP contribution >= 0.6 is 34.8 Å². The molecule has 4 rings (SSSR count). The Labute approximate surface area is 297 Å². The van der Waals surface area contributed by atoms with Crippen LogP contribution in [0.2, 0.25) is 15.1 Å². The standard InChI is InChI=1S/C36H38Cl3N3O5S/c1-3-5-21-40-36(44)33(22-26-11-7-6-8-12-26)41(24-27-15-16-29(38)23-31(27)39)35(43)25-42(32-13-9-10-14-34(32)47-4-2)48(45,46)30-19-17-28(37)18-20-30/h6-20,23,33H,3-5,21-22,24-25H2,1-2H3,(H,40,44)/t33-/m1/s1. The van der Waals surface area contributed by atoms with E-state index in [1.165, 1.54) is 29.2 Å². The van der Waals surface area contributed by atoms with Crippen molar-refractivity contribution >= 4 is 62.3 Å². The van der Waals surface area contributed by atoms with Crippen molar-refractivity contribution in [2.75, 3.05) is 24.0 Å². The van der Waals surface area contributed by atoms with E-state index >= 15 is 0 Å². The first kappa shape index (κ1) is 37.1. The van der Waals surface area contributed by atoms with Crippen molar-refractivity contribution in [2.24, 2.45) is 0 Å². The fourth-order valence-corrected chi connectivity index (χ4v) is 7.10. The van der Waals surface area contributed by atoms with Crippen LogP contribution in [0.4, 0.5) is 5.69 Å². The number of nitrogens with zero attached hydrogens (tertiary/aromatic N) is 2. The van der Waals surface area contributed by atoms with Crippen molar-refractivity contribution in [3.05, 3.63) is 123 Å². The average Bonchev–Trinajstić information content (AvgIpc) is 3.07. The van der Waals surface area contributed by atoms with E-state index in [-0.39, 0.29) is 41.8 Å². The second-order valence-corrected chi connectivity index (χ2v) is 14.1. The number of unbranched alkanes of at least 4 members (excludes halogenated alkanes) is 1. The van der Waals surface area contributed by atoms with E-state index in [9.17, 15) is 18.0 Å². The number of sulfonamides is 1. The monoisotopic (exact) mass is 729 g/mol. The van der Waals surface area contributed by atoms with Gasteiger partial charge in [0.15, 0.2) is 0 Å². The maximum atomic E-state index is 14.7. The van der Waals surface area contributed by atoms with Crippen LogP contribution in [0.1, 0.15) is 37.8 Å². The van der Waals surface area contributed by atoms with Gasteiger partial charge in [0.2, 0.25) is 11.8 Å². The minimum Gasteiger partial charge on any atom is -0.492 e. The molecule has 8 nitrogen and oxygen atoms in total. The number of halogens is 3. The molecule has 0 aliphatic rings. The van der Waals surface area contributed by atoms with Gasteiger partial charge < -0.3 is 15.0 Å². The molecule has 0 bridgehead atoms. The van der Waals surface area contributed by atoms with E-state index < -0.39 is 28.5 Å². The smallest absolute Gasteiger partial charge is 0.264 e. The molecule has 0 spiro atoms. The molecule has 0 unspecified atom stereocenters. The van der Waals surface area contributed by atoms with Crippen LogP contribution in [0.15, 0.2) is 102 Å². The van der Waals surface area contributed by atoms with Crippen LogP contribution in [-0.2, 0) is 32.6 Å². The zero-order valence-corrected chi connectivity index (χ0v) is 29.8. The van der Waals surface area contributed by atoms with Gasteiger partial charge in [-0.2, -0.15) is 0 Å². The first-order valence-corrected chi connectivity index (χ1v) is 18.2. The summed E-state index contributed by atoms with van der Waals surface area (Å²) < 4.78 is 35.5. The van der Waals surface area contributed by atoms with Crippen LogP contribution in [0.25, 0.3) is 0 Å². The molecule has 1 atom stereocenters. The number of carbonyl (C=O) groups is 2. The maximum absolute atomic E-state index is 14.7. The molecular weight excluding hydrogens is 693 g/mol. The topological polar surface area (TPSA) is 96.0 Å². The van der Waals surface area contributed by atoms with E-state index in [0.29, 0.717) is 27.2 Å². The van der Waals surface area contributed by atoms with Crippen molar-refractivity contribution in [1.82, 2.24) is 10.2 Å². The Bertz CT molecular complexity index is 1790. The highest BCUT2D eigenvalue weighted by molar-refractivity contribution is 7.92. The van der Waals surface area contributed by atoms with Gasteiger partial charge in [-0.1, -0.05) is 96.7 Å². The Morgan fingerprint density at radius 2 is 1.52 bits per heavy atom. The Hall–Kier alpha value is -3.76. The lowest BCUT2D eigenvalue weighted by atomic mass is 10.0. The van der Waals surface area contributed by atoms with Gasteiger partial charge in [0.25, 0.3) is 10.0 Å². The summed E-state index contributed by atoms with van der Waals surface area (Å²) in [6.07, 6.45) is 1.79. The van der Waals surface area contributed by atoms with Crippen molar-refractivity contribution in [2.45, 2.75) is 50.6 Å². The average molecular weight is 731 g/mol. The van der Waals surface area contributed by atoms with E-state index in [4.69, 9.17) is 39.5 Å². The summed E-state index contributed by atoms with van der Waals surface area (Å²) in [5.74, 6) is -0.722. The fraction of sp³-hybridized carbons (Fsp3) is 0.278. The second kappa shape index (κ2) is 17.6. The fourth-order valence-electron chi connectivity index (χ4n) is 5.08. The third-order valence-electron chi connectivity index (χ3n) is 7.57. The summed E-state index contributed by atoms with van der Waals surface area (Å²) in [6.45, 7) is 3.75. The molecule has 0 fully saturated rings. The predicted octanol–water partition coefficient (Wildman–Crippen LogP) is 7.80. The van der Waals surface area contributed by atoms with E-state index in [1.54, 1.807) is 49.4 Å². The molecule has 0 saturated heterocycles. The number of nitrogens with one attached hydrogen (secondary N) is 1. The first-order chi connectivity index (χ1) is 23.0. The third kappa shape index (κ3) is 9.66. The minimum absolute atomic E-state index is 0.0727. The van der Waals surface area contributed by atoms with Crippen molar-refractivity contribution < 1.29 is 22.7 Å². The van der Waals surface area contributed by atoms with Gasteiger partial charge in [-0.15, -0.1) is 0 Å². The normalized spacial score (nSPS) is 11.9. The second-order valence-electron chi connectivity index (χ2n) is 11.0. The van der Waals surface area contributed by atoms with Gasteiger partial charge >= 0.3 is 0 Å². The van der Waals surface area contributed by atoms with Crippen LogP contribution in [0.3, 0.4) is 0 Å². The van der Waals surface area contributed by atoms with Gasteiger partial charge in [-0.25, -0.2) is 8.42 Å². The van der Waals surface area contributed by atoms with Gasteiger partial charge in [-0.05, 0) is 73.0 Å². The highest BCUT2D eigenvalue weighted by Crippen LogP contribution is 2.33. The summed E-state index contributed by atoms with van der Waals surface area (Å²) in [5.41, 5.74) is 1.52. The molecule has 4 aromatic carbocycles. The number of hydrogen-bond acceptors (Lipinski definition) is 5. The number of hydrogen-bond donors (Lipinski definition) is 1. The largest absolute Gasteiger partial charge is 0.492 e. The predicted molar refractivity (Wildman–Crippen MR) is 192 cm³/mol. The van der Waals surface area contributed by atoms with Crippen molar-refractivity contribution in [3.8, 4) is 5.75 Å². The highest BCUT2D eigenvalue weighted by atomic mass is 35.5.